The van der Waals surface area contributed by atoms with Gasteiger partial charge >= 0.3 is 0 Å². The number of nitrogens with zero attached hydrogens (tertiary/aromatic N) is 2. The molecule has 3 nitrogen and oxygen atoms in total. The SMILES string of the molecule is O=C1CCN2c3ccc(F)cc3C(c3ccccc3)=CC3(CCCCC3)N12. The van der Waals surface area contributed by atoms with E-state index in [1.54, 1.807) is 6.07 Å². The zero-order chi connectivity index (χ0) is 18.4. The maximum absolute atomic E-state index is 14.2. The molecule has 5 rings (SSSR count). The molecule has 0 N–H and O–H groups in total. The first-order chi connectivity index (χ1) is 13.2. The summed E-state index contributed by atoms with van der Waals surface area (Å²) in [5, 5.41) is 4.10. The predicted molar refractivity (Wildman–Crippen MR) is 105 cm³/mol. The van der Waals surface area contributed by atoms with Crippen LogP contribution in [0.25, 0.3) is 5.57 Å². The molecule has 3 aliphatic rings. The standard InChI is InChI=1S/C23H23FN2O/c24-18-9-10-21-19(15-18)20(17-7-3-1-4-8-17)16-23(12-5-2-6-13-23)26-22(27)11-14-25(21)26/h1,3-4,7-10,15-16H,2,5-6,11-14H2. The lowest BCUT2D eigenvalue weighted by atomic mass is 9.78. The molecular weight excluding hydrogens is 339 g/mol. The molecule has 1 saturated carbocycles. The Balaban J connectivity index is 1.79. The molecule has 0 aromatic heterocycles. The first-order valence-electron chi connectivity index (χ1n) is 9.87. The number of hydrogen-bond donors (Lipinski definition) is 0. The van der Waals surface area contributed by atoms with Gasteiger partial charge in [0.05, 0.1) is 11.2 Å². The molecule has 0 bridgehead atoms. The second-order valence-electron chi connectivity index (χ2n) is 7.83. The fraction of sp³-hybridized carbons (Fsp3) is 0.348. The van der Waals surface area contributed by atoms with Crippen molar-refractivity contribution >= 4 is 17.2 Å². The Bertz CT molecular complexity index is 915. The summed E-state index contributed by atoms with van der Waals surface area (Å²) in [6.45, 7) is 0.662. The van der Waals surface area contributed by atoms with Crippen LogP contribution in [-0.2, 0) is 4.79 Å². The van der Waals surface area contributed by atoms with Crippen LogP contribution in [0.5, 0.6) is 0 Å². The smallest absolute Gasteiger partial charge is 0.243 e. The molecule has 2 aromatic carbocycles. The van der Waals surface area contributed by atoms with Crippen LogP contribution >= 0.6 is 0 Å². The van der Waals surface area contributed by atoms with Gasteiger partial charge in [-0.2, -0.15) is 0 Å². The van der Waals surface area contributed by atoms with E-state index >= 15 is 0 Å². The topological polar surface area (TPSA) is 23.6 Å². The van der Waals surface area contributed by atoms with E-state index in [9.17, 15) is 9.18 Å². The van der Waals surface area contributed by atoms with Gasteiger partial charge in [-0.1, -0.05) is 49.6 Å². The number of carbonyl (C=O) groups is 1. The third kappa shape index (κ3) is 2.58. The molecule has 2 fully saturated rings. The van der Waals surface area contributed by atoms with E-state index in [4.69, 9.17) is 0 Å². The molecule has 1 saturated heterocycles. The van der Waals surface area contributed by atoms with Gasteiger partial charge in [-0.3, -0.25) is 9.80 Å². The fourth-order valence-electron chi connectivity index (χ4n) is 4.99. The summed E-state index contributed by atoms with van der Waals surface area (Å²) in [6, 6.07) is 15.1. The number of hydrogen-bond acceptors (Lipinski definition) is 2. The summed E-state index contributed by atoms with van der Waals surface area (Å²) < 4.78 is 14.2. The van der Waals surface area contributed by atoms with Crippen LogP contribution in [0.3, 0.4) is 0 Å². The lowest BCUT2D eigenvalue weighted by molar-refractivity contribution is -0.133. The quantitative estimate of drug-likeness (QED) is 0.718. The van der Waals surface area contributed by atoms with Gasteiger partial charge in [-0.05, 0) is 48.3 Å². The number of hydrazine groups is 1. The minimum atomic E-state index is -0.313. The Kier molecular flexibility index (Phi) is 3.81. The van der Waals surface area contributed by atoms with E-state index in [1.165, 1.54) is 12.5 Å². The molecule has 27 heavy (non-hydrogen) atoms. The Morgan fingerprint density at radius 3 is 2.52 bits per heavy atom. The summed E-state index contributed by atoms with van der Waals surface area (Å²) in [4.78, 5) is 12.9. The molecule has 0 unspecified atom stereocenters. The van der Waals surface area contributed by atoms with Gasteiger partial charge in [-0.15, -0.1) is 0 Å². The minimum Gasteiger partial charge on any atom is -0.281 e. The van der Waals surface area contributed by atoms with Crippen molar-refractivity contribution in [1.29, 1.82) is 0 Å². The molecule has 2 heterocycles. The highest BCUT2D eigenvalue weighted by Gasteiger charge is 2.47. The van der Waals surface area contributed by atoms with Crippen LogP contribution in [0.4, 0.5) is 10.1 Å². The van der Waals surface area contributed by atoms with Crippen LogP contribution in [0.2, 0.25) is 0 Å². The van der Waals surface area contributed by atoms with Crippen LogP contribution in [0.1, 0.15) is 49.7 Å². The third-order valence-electron chi connectivity index (χ3n) is 6.18. The number of amides is 1. The van der Waals surface area contributed by atoms with Crippen molar-refractivity contribution in [2.75, 3.05) is 11.6 Å². The zero-order valence-corrected chi connectivity index (χ0v) is 15.3. The molecule has 0 radical (unpaired) electrons. The van der Waals surface area contributed by atoms with Crippen LogP contribution in [-0.4, -0.2) is 23.0 Å². The Labute approximate surface area is 159 Å². The average molecular weight is 362 g/mol. The van der Waals surface area contributed by atoms with Crippen molar-refractivity contribution in [2.24, 2.45) is 0 Å². The number of carbonyl (C=O) groups excluding carboxylic acids is 1. The highest BCUT2D eigenvalue weighted by Crippen LogP contribution is 2.47. The van der Waals surface area contributed by atoms with E-state index in [-0.39, 0.29) is 17.3 Å². The molecular formula is C23H23FN2O. The summed E-state index contributed by atoms with van der Waals surface area (Å²) >= 11 is 0. The van der Waals surface area contributed by atoms with Gasteiger partial charge in [0, 0.05) is 18.5 Å². The van der Waals surface area contributed by atoms with E-state index in [0.29, 0.717) is 13.0 Å². The minimum absolute atomic E-state index is 0.178. The van der Waals surface area contributed by atoms with E-state index < -0.39 is 0 Å². The molecule has 138 valence electrons. The lowest BCUT2D eigenvalue weighted by Gasteiger charge is -2.46. The van der Waals surface area contributed by atoms with Crippen molar-refractivity contribution in [3.05, 3.63) is 71.6 Å². The van der Waals surface area contributed by atoms with E-state index in [0.717, 1.165) is 48.1 Å². The van der Waals surface area contributed by atoms with Gasteiger partial charge in [0.2, 0.25) is 5.91 Å². The number of fused-ring (bicyclic) bond motifs is 4. The third-order valence-corrected chi connectivity index (χ3v) is 6.18. The Morgan fingerprint density at radius 1 is 0.963 bits per heavy atom. The van der Waals surface area contributed by atoms with Crippen LogP contribution in [0.15, 0.2) is 54.6 Å². The van der Waals surface area contributed by atoms with Crippen molar-refractivity contribution in [3.63, 3.8) is 0 Å². The number of benzene rings is 2. The second kappa shape index (κ2) is 6.22. The van der Waals surface area contributed by atoms with Crippen molar-refractivity contribution < 1.29 is 9.18 Å². The van der Waals surface area contributed by atoms with E-state index in [2.05, 4.69) is 23.2 Å². The van der Waals surface area contributed by atoms with E-state index in [1.807, 2.05) is 29.3 Å². The largest absolute Gasteiger partial charge is 0.281 e. The number of anilines is 1. The Morgan fingerprint density at radius 2 is 1.74 bits per heavy atom. The fourth-order valence-corrected chi connectivity index (χ4v) is 4.99. The second-order valence-corrected chi connectivity index (χ2v) is 7.83. The molecule has 4 heteroatoms. The first-order valence-corrected chi connectivity index (χ1v) is 9.87. The van der Waals surface area contributed by atoms with Crippen LogP contribution < -0.4 is 5.01 Å². The van der Waals surface area contributed by atoms with Crippen molar-refractivity contribution in [2.45, 2.75) is 44.1 Å². The predicted octanol–water partition coefficient (Wildman–Crippen LogP) is 4.93. The monoisotopic (exact) mass is 362 g/mol. The normalized spacial score (nSPS) is 20.9. The summed E-state index contributed by atoms with van der Waals surface area (Å²) in [6.07, 6.45) is 8.14. The summed E-state index contributed by atoms with van der Waals surface area (Å²) in [7, 11) is 0. The highest BCUT2D eigenvalue weighted by molar-refractivity contribution is 5.92. The van der Waals surface area contributed by atoms with Crippen molar-refractivity contribution in [3.8, 4) is 0 Å². The van der Waals surface area contributed by atoms with Crippen LogP contribution in [0, 0.1) is 5.82 Å². The maximum Gasteiger partial charge on any atom is 0.243 e. The van der Waals surface area contributed by atoms with Crippen molar-refractivity contribution in [1.82, 2.24) is 5.01 Å². The molecule has 1 amide bonds. The van der Waals surface area contributed by atoms with Gasteiger partial charge in [0.1, 0.15) is 5.82 Å². The Hall–Kier alpha value is -2.62. The molecule has 1 spiro atoms. The molecule has 1 aliphatic carbocycles. The van der Waals surface area contributed by atoms with Gasteiger partial charge in [0.15, 0.2) is 0 Å². The lowest BCUT2D eigenvalue weighted by Crippen LogP contribution is -2.55. The average Bonchev–Trinajstić information content (AvgIpc) is 3.05. The molecule has 2 aromatic rings. The number of rotatable bonds is 1. The molecule has 0 atom stereocenters. The first kappa shape index (κ1) is 16.5. The summed E-state index contributed by atoms with van der Waals surface area (Å²) in [5.74, 6) is -0.0648. The van der Waals surface area contributed by atoms with Gasteiger partial charge in [0.25, 0.3) is 0 Å². The summed E-state index contributed by atoms with van der Waals surface area (Å²) in [5.41, 5.74) is 3.61. The number of halogens is 1. The zero-order valence-electron chi connectivity index (χ0n) is 15.3. The molecule has 2 aliphatic heterocycles. The highest BCUT2D eigenvalue weighted by atomic mass is 19.1. The van der Waals surface area contributed by atoms with Gasteiger partial charge < -0.3 is 0 Å². The maximum atomic E-state index is 14.2. The van der Waals surface area contributed by atoms with Gasteiger partial charge in [-0.25, -0.2) is 9.40 Å².